The van der Waals surface area contributed by atoms with Gasteiger partial charge in [0.2, 0.25) is 0 Å². The predicted octanol–water partition coefficient (Wildman–Crippen LogP) is 1.28. The summed E-state index contributed by atoms with van der Waals surface area (Å²) in [6.07, 6.45) is 0. The standard InChI is InChI=1S/C2H4FO2P/c1-2-6(3,4)5/h2H,1H2,(H,4,5). The maximum atomic E-state index is 11.1. The van der Waals surface area contributed by atoms with Crippen molar-refractivity contribution in [3.05, 3.63) is 12.4 Å². The fourth-order valence-corrected chi connectivity index (χ4v) is 0. The highest BCUT2D eigenvalue weighted by molar-refractivity contribution is 7.55. The normalized spacial score (nSPS) is 19.0. The molecule has 0 saturated heterocycles. The first-order valence-corrected chi connectivity index (χ1v) is 2.84. The van der Waals surface area contributed by atoms with Gasteiger partial charge < -0.3 is 4.89 Å². The lowest BCUT2D eigenvalue weighted by Crippen LogP contribution is -1.53. The first-order chi connectivity index (χ1) is 2.56. The van der Waals surface area contributed by atoms with Gasteiger partial charge in [0.1, 0.15) is 0 Å². The molecule has 0 heterocycles. The molecule has 4 heteroatoms. The van der Waals surface area contributed by atoms with Crippen molar-refractivity contribution in [1.82, 2.24) is 0 Å². The van der Waals surface area contributed by atoms with Gasteiger partial charge in [-0.1, -0.05) is 6.58 Å². The maximum absolute atomic E-state index is 11.1. The Hall–Kier alpha value is -0.140. The molecule has 2 nitrogen and oxygen atoms in total. The minimum atomic E-state index is -4.38. The SMILES string of the molecule is C=CP(=O)(O)F. The zero-order chi connectivity index (χ0) is 5.21. The van der Waals surface area contributed by atoms with Gasteiger partial charge in [0.25, 0.3) is 0 Å². The van der Waals surface area contributed by atoms with Crippen LogP contribution in [0.25, 0.3) is 0 Å². The molecular weight excluding hydrogens is 106 g/mol. The van der Waals surface area contributed by atoms with E-state index in [1.807, 2.05) is 0 Å². The van der Waals surface area contributed by atoms with Crippen LogP contribution in [0.2, 0.25) is 0 Å². The Bertz CT molecular complexity index is 93.7. The zero-order valence-electron chi connectivity index (χ0n) is 2.97. The van der Waals surface area contributed by atoms with E-state index in [2.05, 4.69) is 6.58 Å². The summed E-state index contributed by atoms with van der Waals surface area (Å²) < 4.78 is 20.5. The first-order valence-electron chi connectivity index (χ1n) is 1.22. The van der Waals surface area contributed by atoms with E-state index in [4.69, 9.17) is 4.89 Å². The Labute approximate surface area is 34.9 Å². The Morgan fingerprint density at radius 1 is 2.00 bits per heavy atom. The monoisotopic (exact) mass is 110 g/mol. The highest BCUT2D eigenvalue weighted by Gasteiger charge is 2.05. The average Bonchev–Trinajstić information content (AvgIpc) is 1.35. The van der Waals surface area contributed by atoms with Crippen molar-refractivity contribution in [2.24, 2.45) is 0 Å². The predicted molar refractivity (Wildman–Crippen MR) is 21.1 cm³/mol. The van der Waals surface area contributed by atoms with Gasteiger partial charge in [0.15, 0.2) is 0 Å². The summed E-state index contributed by atoms with van der Waals surface area (Å²) in [4.78, 5) is 7.60. The fourth-order valence-electron chi connectivity index (χ4n) is 0. The van der Waals surface area contributed by atoms with Gasteiger partial charge in [-0.3, -0.25) is 4.57 Å². The summed E-state index contributed by atoms with van der Waals surface area (Å²) in [5, 5.41) is 0. The van der Waals surface area contributed by atoms with E-state index in [-0.39, 0.29) is 0 Å². The first kappa shape index (κ1) is 5.86. The van der Waals surface area contributed by atoms with Crippen LogP contribution in [0.15, 0.2) is 12.4 Å². The summed E-state index contributed by atoms with van der Waals surface area (Å²) in [5.74, 6) is 0.382. The molecular formula is C2H4FO2P. The molecule has 1 atom stereocenters. The molecule has 0 aromatic heterocycles. The van der Waals surface area contributed by atoms with E-state index >= 15 is 0 Å². The summed E-state index contributed by atoms with van der Waals surface area (Å²) in [6.45, 7) is 2.74. The van der Waals surface area contributed by atoms with Crippen molar-refractivity contribution in [1.29, 1.82) is 0 Å². The van der Waals surface area contributed by atoms with E-state index < -0.39 is 7.68 Å². The van der Waals surface area contributed by atoms with Crippen LogP contribution in [0, 0.1) is 0 Å². The lowest BCUT2D eigenvalue weighted by Gasteiger charge is -1.83. The number of hydrogen-bond acceptors (Lipinski definition) is 1. The number of halogens is 1. The highest BCUT2D eigenvalue weighted by atomic mass is 31.2. The van der Waals surface area contributed by atoms with Crippen LogP contribution in [0.1, 0.15) is 0 Å². The molecule has 1 N–H and O–H groups in total. The highest BCUT2D eigenvalue weighted by Crippen LogP contribution is 2.42. The number of rotatable bonds is 1. The second-order valence-electron chi connectivity index (χ2n) is 0.727. The third-order valence-electron chi connectivity index (χ3n) is 0.225. The minimum Gasteiger partial charge on any atom is -0.318 e. The van der Waals surface area contributed by atoms with Gasteiger partial charge in [-0.15, -0.1) is 0 Å². The van der Waals surface area contributed by atoms with Crippen molar-refractivity contribution >= 4 is 7.68 Å². The van der Waals surface area contributed by atoms with Crippen LogP contribution in [-0.2, 0) is 4.57 Å². The second-order valence-corrected chi connectivity index (χ2v) is 2.18. The largest absolute Gasteiger partial charge is 0.387 e. The minimum absolute atomic E-state index is 0.382. The molecule has 0 amide bonds. The zero-order valence-corrected chi connectivity index (χ0v) is 3.86. The van der Waals surface area contributed by atoms with Crippen molar-refractivity contribution in [3.8, 4) is 0 Å². The lowest BCUT2D eigenvalue weighted by atomic mass is 11.3. The molecule has 0 aromatic carbocycles. The van der Waals surface area contributed by atoms with Gasteiger partial charge in [-0.2, -0.15) is 4.20 Å². The van der Waals surface area contributed by atoms with E-state index in [1.165, 1.54) is 0 Å². The molecule has 0 rings (SSSR count). The Morgan fingerprint density at radius 3 is 2.17 bits per heavy atom. The van der Waals surface area contributed by atoms with E-state index in [0.717, 1.165) is 0 Å². The quantitative estimate of drug-likeness (QED) is 0.516. The van der Waals surface area contributed by atoms with Gasteiger partial charge in [-0.25, -0.2) is 0 Å². The molecule has 0 spiro atoms. The lowest BCUT2D eigenvalue weighted by molar-refractivity contribution is 0.442. The molecule has 0 radical (unpaired) electrons. The van der Waals surface area contributed by atoms with Crippen LogP contribution >= 0.6 is 7.68 Å². The maximum Gasteiger partial charge on any atom is 0.387 e. The molecule has 0 saturated carbocycles. The van der Waals surface area contributed by atoms with Crippen LogP contribution in [0.4, 0.5) is 4.20 Å². The Kier molecular flexibility index (Phi) is 1.50. The summed E-state index contributed by atoms with van der Waals surface area (Å²) in [6, 6.07) is 0. The number of hydrogen-bond donors (Lipinski definition) is 1. The van der Waals surface area contributed by atoms with Crippen LogP contribution in [-0.4, -0.2) is 4.89 Å². The van der Waals surface area contributed by atoms with E-state index in [9.17, 15) is 8.76 Å². The molecule has 0 aromatic rings. The van der Waals surface area contributed by atoms with Crippen molar-refractivity contribution in [2.45, 2.75) is 0 Å². The molecule has 1 unspecified atom stereocenters. The Balaban J connectivity index is 3.81. The second kappa shape index (κ2) is 1.54. The third kappa shape index (κ3) is 3.86. The van der Waals surface area contributed by atoms with Crippen LogP contribution < -0.4 is 0 Å². The van der Waals surface area contributed by atoms with Crippen molar-refractivity contribution < 1.29 is 13.7 Å². The average molecular weight is 110 g/mol. The smallest absolute Gasteiger partial charge is 0.318 e. The van der Waals surface area contributed by atoms with Crippen molar-refractivity contribution in [3.63, 3.8) is 0 Å². The van der Waals surface area contributed by atoms with Crippen LogP contribution in [0.5, 0.6) is 0 Å². The summed E-state index contributed by atoms with van der Waals surface area (Å²) in [5.41, 5.74) is 0. The van der Waals surface area contributed by atoms with Crippen molar-refractivity contribution in [2.75, 3.05) is 0 Å². The molecule has 0 bridgehead atoms. The van der Waals surface area contributed by atoms with E-state index in [0.29, 0.717) is 5.82 Å². The molecule has 6 heavy (non-hydrogen) atoms. The van der Waals surface area contributed by atoms with Crippen LogP contribution in [0.3, 0.4) is 0 Å². The molecule has 36 valence electrons. The summed E-state index contributed by atoms with van der Waals surface area (Å²) in [7, 11) is -4.38. The van der Waals surface area contributed by atoms with Gasteiger partial charge in [0.05, 0.1) is 0 Å². The van der Waals surface area contributed by atoms with Gasteiger partial charge in [0, 0.05) is 5.82 Å². The third-order valence-corrected chi connectivity index (χ3v) is 0.676. The molecule has 0 aliphatic heterocycles. The molecule has 0 fully saturated rings. The van der Waals surface area contributed by atoms with Gasteiger partial charge in [-0.05, 0) is 0 Å². The topological polar surface area (TPSA) is 37.3 Å². The van der Waals surface area contributed by atoms with E-state index in [1.54, 1.807) is 0 Å². The summed E-state index contributed by atoms with van der Waals surface area (Å²) >= 11 is 0. The molecule has 0 aliphatic carbocycles. The molecule has 0 aliphatic rings. The Morgan fingerprint density at radius 2 is 2.17 bits per heavy atom. The van der Waals surface area contributed by atoms with Gasteiger partial charge >= 0.3 is 7.68 Å². The fraction of sp³-hybridized carbons (Fsp3) is 0.